The highest BCUT2D eigenvalue weighted by Gasteiger charge is 2.41. The molecule has 1 atom stereocenters. The van der Waals surface area contributed by atoms with Crippen LogP contribution in [0.2, 0.25) is 0 Å². The van der Waals surface area contributed by atoms with Crippen LogP contribution in [-0.2, 0) is 9.59 Å². The van der Waals surface area contributed by atoms with Crippen molar-refractivity contribution in [3.63, 3.8) is 0 Å². The molecule has 0 aliphatic carbocycles. The van der Waals surface area contributed by atoms with Gasteiger partial charge < -0.3 is 4.79 Å². The Morgan fingerprint density at radius 1 is 1.39 bits per heavy atom. The van der Waals surface area contributed by atoms with E-state index in [1.165, 1.54) is 6.07 Å². The van der Waals surface area contributed by atoms with Crippen LogP contribution in [0.25, 0.3) is 5.03 Å². The molecule has 4 nitrogen and oxygen atoms in total. The molecule has 1 aromatic rings. The highest BCUT2D eigenvalue weighted by Crippen LogP contribution is 2.54. The Kier molecular flexibility index (Phi) is 4.92. The lowest BCUT2D eigenvalue weighted by molar-refractivity contribution is -0.116. The van der Waals surface area contributed by atoms with E-state index < -0.39 is 44.6 Å². The number of halogens is 5. The minimum atomic E-state index is -4.87. The first-order chi connectivity index (χ1) is 10.7. The van der Waals surface area contributed by atoms with Gasteiger partial charge in [0.25, 0.3) is 5.91 Å². The lowest BCUT2D eigenvalue weighted by Gasteiger charge is -2.17. The first-order valence-corrected chi connectivity index (χ1v) is 7.64. The summed E-state index contributed by atoms with van der Waals surface area (Å²) in [7, 11) is -2.04. The average molecular weight is 369 g/mol. The Bertz CT molecular complexity index is 759. The van der Waals surface area contributed by atoms with Crippen LogP contribution in [0, 0.1) is 5.82 Å². The number of alkyl halides is 3. The van der Waals surface area contributed by atoms with Crippen LogP contribution in [0.5, 0.6) is 0 Å². The van der Waals surface area contributed by atoms with E-state index in [1.807, 2.05) is 0 Å². The third kappa shape index (κ3) is 3.17. The molecule has 1 aliphatic heterocycles. The summed E-state index contributed by atoms with van der Waals surface area (Å²) in [4.78, 5) is 20.8. The Morgan fingerprint density at radius 3 is 2.57 bits per heavy atom. The molecule has 3 N–H and O–H groups in total. The van der Waals surface area contributed by atoms with Crippen LogP contribution in [0.1, 0.15) is 12.0 Å². The maximum atomic E-state index is 13.5. The van der Waals surface area contributed by atoms with Crippen LogP contribution in [0.15, 0.2) is 28.0 Å². The van der Waals surface area contributed by atoms with Gasteiger partial charge in [0, 0.05) is 16.9 Å². The van der Waals surface area contributed by atoms with Crippen LogP contribution in [0.4, 0.5) is 17.6 Å². The summed E-state index contributed by atoms with van der Waals surface area (Å²) in [5, 5.41) is -0.251. The number of carbonyl (C=O) groups is 2. The second-order valence-electron chi connectivity index (χ2n) is 4.35. The molecule has 1 aliphatic rings. The van der Waals surface area contributed by atoms with Crippen LogP contribution < -0.4 is 11.3 Å². The smallest absolute Gasteiger partial charge is 0.303 e. The Morgan fingerprint density at radius 2 is 2.04 bits per heavy atom. The maximum absolute atomic E-state index is 13.5. The third-order valence-electron chi connectivity index (χ3n) is 2.97. The van der Waals surface area contributed by atoms with E-state index in [0.717, 1.165) is 12.1 Å². The SMILES string of the molecule is NNC(=O)C1=C(Cl)c2ccc(F)cc2S1=C(CC=O)C(F)(F)F. The molecule has 0 fully saturated rings. The first-order valence-electron chi connectivity index (χ1n) is 6.04. The van der Waals surface area contributed by atoms with Crippen molar-refractivity contribution in [1.29, 1.82) is 0 Å². The van der Waals surface area contributed by atoms with Crippen molar-refractivity contribution < 1.29 is 27.2 Å². The van der Waals surface area contributed by atoms with Gasteiger partial charge in [-0.15, -0.1) is 10.5 Å². The summed E-state index contributed by atoms with van der Waals surface area (Å²) in [6.07, 6.45) is -5.76. The van der Waals surface area contributed by atoms with E-state index in [9.17, 15) is 27.2 Å². The van der Waals surface area contributed by atoms with Crippen LogP contribution in [0.3, 0.4) is 0 Å². The van der Waals surface area contributed by atoms with Crippen LogP contribution >= 0.6 is 22.1 Å². The van der Waals surface area contributed by atoms with Crippen LogP contribution in [-0.4, -0.2) is 23.2 Å². The van der Waals surface area contributed by atoms with Crippen molar-refractivity contribution in [2.24, 2.45) is 5.84 Å². The van der Waals surface area contributed by atoms with Crippen molar-refractivity contribution in [2.75, 3.05) is 0 Å². The molecule has 2 rings (SSSR count). The number of nitrogens with one attached hydrogen (secondary N) is 1. The van der Waals surface area contributed by atoms with E-state index in [2.05, 4.69) is 0 Å². The largest absolute Gasteiger partial charge is 0.418 e. The molecule has 0 bridgehead atoms. The molecule has 1 aromatic carbocycles. The second kappa shape index (κ2) is 6.42. The van der Waals surface area contributed by atoms with E-state index in [4.69, 9.17) is 17.4 Å². The van der Waals surface area contributed by atoms with Gasteiger partial charge >= 0.3 is 6.18 Å². The van der Waals surface area contributed by atoms with Gasteiger partial charge in [-0.05, 0) is 18.2 Å². The molecule has 0 saturated carbocycles. The third-order valence-corrected chi connectivity index (χ3v) is 5.94. The number of hydrogen-bond donors (Lipinski definition) is 2. The fourth-order valence-corrected chi connectivity index (χ4v) is 4.96. The Balaban J connectivity index is 2.89. The number of hydrazine groups is 1. The van der Waals surface area contributed by atoms with Gasteiger partial charge in [0.05, 0.1) is 14.8 Å². The number of aldehydes is 1. The molecule has 0 radical (unpaired) electrons. The standard InChI is InChI=1S/C13H9ClF4N2O2S/c14-10-7-2-1-6(15)5-8(7)23(11(10)12(22)20-19)9(3-4-21)13(16,17)18/h1-2,4-5H,3,19H2,(H,20,22). The highest BCUT2D eigenvalue weighted by molar-refractivity contribution is 8.20. The zero-order chi connectivity index (χ0) is 17.4. The van der Waals surface area contributed by atoms with Gasteiger partial charge in [0.2, 0.25) is 0 Å². The topological polar surface area (TPSA) is 72.2 Å². The van der Waals surface area contributed by atoms with Gasteiger partial charge in [-0.2, -0.15) is 13.2 Å². The molecular weight excluding hydrogens is 360 g/mol. The minimum absolute atomic E-state index is 0.0684. The zero-order valence-electron chi connectivity index (χ0n) is 11.2. The van der Waals surface area contributed by atoms with Gasteiger partial charge in [0.1, 0.15) is 12.1 Å². The number of hydrogen-bond acceptors (Lipinski definition) is 3. The van der Waals surface area contributed by atoms with E-state index in [1.54, 1.807) is 5.43 Å². The predicted octanol–water partition coefficient (Wildman–Crippen LogP) is 2.69. The minimum Gasteiger partial charge on any atom is -0.303 e. The molecule has 0 aromatic heterocycles. The van der Waals surface area contributed by atoms with Gasteiger partial charge in [-0.1, -0.05) is 11.6 Å². The quantitative estimate of drug-likeness (QED) is 0.215. The summed E-state index contributed by atoms with van der Waals surface area (Å²) < 4.78 is 53.4. The number of rotatable bonds is 3. The lowest BCUT2D eigenvalue weighted by Crippen LogP contribution is -2.32. The lowest BCUT2D eigenvalue weighted by atomic mass is 10.2. The van der Waals surface area contributed by atoms with Crippen molar-refractivity contribution >= 4 is 44.2 Å². The number of nitrogens with two attached hydrogens (primary N) is 1. The average Bonchev–Trinajstić information content (AvgIpc) is 2.75. The Hall–Kier alpha value is -1.71. The molecule has 0 spiro atoms. The molecule has 1 heterocycles. The predicted molar refractivity (Wildman–Crippen MR) is 79.1 cm³/mol. The highest BCUT2D eigenvalue weighted by atomic mass is 35.5. The maximum Gasteiger partial charge on any atom is 0.418 e. The molecule has 23 heavy (non-hydrogen) atoms. The van der Waals surface area contributed by atoms with E-state index in [-0.39, 0.29) is 21.8 Å². The van der Waals surface area contributed by atoms with E-state index in [0.29, 0.717) is 0 Å². The number of amides is 1. The summed E-state index contributed by atoms with van der Waals surface area (Å²) in [6, 6.07) is 3.06. The van der Waals surface area contributed by atoms with Crippen molar-refractivity contribution in [1.82, 2.24) is 5.43 Å². The zero-order valence-corrected chi connectivity index (χ0v) is 12.8. The normalized spacial score (nSPS) is 17.8. The fraction of sp³-hybridized carbons (Fsp3) is 0.154. The molecular formula is C13H9ClF4N2O2S. The summed E-state index contributed by atoms with van der Waals surface area (Å²) in [6.45, 7) is 0. The van der Waals surface area contributed by atoms with Crippen molar-refractivity contribution in [2.45, 2.75) is 17.5 Å². The van der Waals surface area contributed by atoms with Gasteiger partial charge in [-0.3, -0.25) is 10.2 Å². The number of carbonyl (C=O) groups excluding carboxylic acids is 2. The number of fused-ring (bicyclic) bond motifs is 1. The van der Waals surface area contributed by atoms with Gasteiger partial charge in [-0.25, -0.2) is 10.2 Å². The van der Waals surface area contributed by atoms with Gasteiger partial charge in [0.15, 0.2) is 0 Å². The molecule has 1 unspecified atom stereocenters. The summed E-state index contributed by atoms with van der Waals surface area (Å²) in [5.41, 5.74) is 1.83. The number of benzene rings is 1. The molecule has 0 saturated heterocycles. The van der Waals surface area contributed by atoms with Crippen molar-refractivity contribution in [3.05, 3.63) is 34.5 Å². The fourth-order valence-electron chi connectivity index (χ4n) is 2.07. The first kappa shape index (κ1) is 17.6. The second-order valence-corrected chi connectivity index (χ2v) is 6.69. The van der Waals surface area contributed by atoms with E-state index >= 15 is 0 Å². The summed E-state index contributed by atoms with van der Waals surface area (Å²) in [5.74, 6) is 3.19. The monoisotopic (exact) mass is 368 g/mol. The molecule has 10 heteroatoms. The molecule has 124 valence electrons. The summed E-state index contributed by atoms with van der Waals surface area (Å²) >= 11 is 6.00. The molecule has 1 amide bonds. The van der Waals surface area contributed by atoms with Crippen molar-refractivity contribution in [3.8, 4) is 0 Å². The Labute approximate surface area is 135 Å².